The molecule has 0 aliphatic carbocycles. The predicted molar refractivity (Wildman–Crippen MR) is 507 cm³/mol. The number of carbonyl (C=O) groups is 18. The molecule has 6 aromatic carbocycles. The monoisotopic (exact) mass is 1940 g/mol. The summed E-state index contributed by atoms with van der Waals surface area (Å²) in [5, 5.41) is 116. The molecule has 6 atom stereocenters. The fraction of sp³-hybridized carbons (Fsp3) is 0.438. The van der Waals surface area contributed by atoms with Crippen LogP contribution in [0.4, 0.5) is 0 Å². The summed E-state index contributed by atoms with van der Waals surface area (Å²) < 4.78 is 32.3. The van der Waals surface area contributed by atoms with Crippen molar-refractivity contribution < 1.29 is 175 Å². The molecule has 43 heteroatoms. The van der Waals surface area contributed by atoms with Crippen molar-refractivity contribution in [2.75, 3.05) is 0 Å². The summed E-state index contributed by atoms with van der Waals surface area (Å²) in [6, 6.07) is 18.0. The van der Waals surface area contributed by atoms with Gasteiger partial charge in [0.05, 0.1) is 5.02 Å². The molecule has 6 aromatic rings. The molecule has 738 valence electrons. The minimum absolute atomic E-state index is 0.0143. The first-order chi connectivity index (χ1) is 65.1. The van der Waals surface area contributed by atoms with Gasteiger partial charge in [-0.05, 0) is 213 Å². The van der Waals surface area contributed by atoms with E-state index in [9.17, 15) is 147 Å². The fourth-order valence-corrected chi connectivity index (χ4v) is 16.9. The summed E-state index contributed by atoms with van der Waals surface area (Å²) in [5.41, 5.74) is 8.18. The Morgan fingerprint density at radius 1 is 0.266 bits per heavy atom. The molecule has 12 rings (SSSR count). The maximum atomic E-state index is 12.0. The first-order valence-corrected chi connectivity index (χ1v) is 45.5. The molecule has 12 N–H and O–H groups in total. The third-order valence-electron chi connectivity index (χ3n) is 23.7. The van der Waals surface area contributed by atoms with Gasteiger partial charge in [0.2, 0.25) is 0 Å². The van der Waals surface area contributed by atoms with Crippen molar-refractivity contribution in [3.63, 3.8) is 0 Å². The Bertz CT molecular complexity index is 5300. The standard InChI is InChI=1S/C16H18BClO6.5C16H19BO6/c1-8-5-13(16(21)22)15-12(14(8)18)7-10(17(23)24-15)6-11(20)4-3-9(2)19;1-9-3-5-11-7-12(8-13(19)6-4-10(2)18)17(22)23-15(11)14(9)16(20)21;4*1-9-5-11-7-12(8-13(19)4-3-10(2)18)17(22)23-15(11)14(6-9)16(20)21/h5,10,23H,3-4,6-7H2,1-2H3,(H,21,22);3,5,12,22H,4,6-8H2,1-2H3,(H,20,21);4*5-6,12,22H,3-4,7-8H2,1-2H3,(H,20,21)/t10-;5*12-/m011111/s1. The zero-order valence-electron chi connectivity index (χ0n) is 79.3. The van der Waals surface area contributed by atoms with E-state index in [-0.39, 0.29) is 259 Å². The molecule has 0 saturated carbocycles. The molecule has 6 heterocycles. The van der Waals surface area contributed by atoms with Crippen LogP contribution in [-0.4, -0.2) is 209 Å². The lowest BCUT2D eigenvalue weighted by Gasteiger charge is -2.29. The number of ketones is 12. The highest BCUT2D eigenvalue weighted by molar-refractivity contribution is 6.49. The highest BCUT2D eigenvalue weighted by Gasteiger charge is 2.45. The lowest BCUT2D eigenvalue weighted by atomic mass is 9.64. The maximum Gasteiger partial charge on any atom is 0.526 e. The van der Waals surface area contributed by atoms with Gasteiger partial charge in [-0.25, -0.2) is 28.8 Å². The number of fused-ring (bicyclic) bond motifs is 6. The minimum atomic E-state index is -1.30. The van der Waals surface area contributed by atoms with Crippen molar-refractivity contribution in [2.45, 2.75) is 272 Å². The number of aryl methyl sites for hydroxylation is 6. The summed E-state index contributed by atoms with van der Waals surface area (Å²) in [6.45, 7) is 19.0. The molecule has 0 saturated heterocycles. The van der Waals surface area contributed by atoms with Gasteiger partial charge in [0.1, 0.15) is 137 Å². The Balaban J connectivity index is 0.000000227. The van der Waals surface area contributed by atoms with Crippen LogP contribution in [0.3, 0.4) is 0 Å². The molecular weight excluding hydrogens is 1830 g/mol. The Kier molecular flexibility index (Phi) is 42.3. The van der Waals surface area contributed by atoms with Crippen LogP contribution in [0.1, 0.15) is 286 Å². The second-order valence-electron chi connectivity index (χ2n) is 36.1. The van der Waals surface area contributed by atoms with Crippen LogP contribution in [0, 0.1) is 41.5 Å². The van der Waals surface area contributed by atoms with E-state index in [1.807, 2.05) is 0 Å². The van der Waals surface area contributed by atoms with Gasteiger partial charge in [-0.1, -0.05) is 48.0 Å². The van der Waals surface area contributed by atoms with Gasteiger partial charge in [0, 0.05) is 156 Å². The number of carbonyl (C=O) groups excluding carboxylic acids is 12. The van der Waals surface area contributed by atoms with Crippen molar-refractivity contribution in [1.29, 1.82) is 0 Å². The maximum absolute atomic E-state index is 12.0. The van der Waals surface area contributed by atoms with E-state index in [2.05, 4.69) is 0 Å². The van der Waals surface area contributed by atoms with Gasteiger partial charge in [0.25, 0.3) is 0 Å². The number of hydrogen-bond donors (Lipinski definition) is 12. The summed E-state index contributed by atoms with van der Waals surface area (Å²) in [6.07, 6.45) is 4.64. The minimum Gasteiger partial charge on any atom is -0.535 e. The van der Waals surface area contributed by atoms with Gasteiger partial charge in [0.15, 0.2) is 0 Å². The molecule has 6 aliphatic heterocycles. The smallest absolute Gasteiger partial charge is 0.526 e. The normalized spacial score (nSPS) is 16.5. The molecule has 139 heavy (non-hydrogen) atoms. The van der Waals surface area contributed by atoms with E-state index in [0.717, 1.165) is 22.3 Å². The van der Waals surface area contributed by atoms with Crippen LogP contribution in [0.15, 0.2) is 66.7 Å². The number of halogens is 1. The number of Topliss-reactive ketones (excluding diaryl/α,β-unsaturated/α-hetero) is 12. The predicted octanol–water partition coefficient (Wildman–Crippen LogP) is 11.5. The zero-order valence-corrected chi connectivity index (χ0v) is 80.0. The lowest BCUT2D eigenvalue weighted by Crippen LogP contribution is -2.36. The van der Waals surface area contributed by atoms with Gasteiger partial charge in [-0.2, -0.15) is 0 Å². The Morgan fingerprint density at radius 3 is 0.698 bits per heavy atom. The molecule has 6 aliphatic rings. The van der Waals surface area contributed by atoms with E-state index in [1.165, 1.54) is 71.9 Å². The number of aromatic carboxylic acids is 6. The first-order valence-electron chi connectivity index (χ1n) is 45.1. The number of carboxylic acids is 6. The van der Waals surface area contributed by atoms with E-state index in [4.69, 9.17) is 39.5 Å². The highest BCUT2D eigenvalue weighted by atomic mass is 35.5. The van der Waals surface area contributed by atoms with Crippen molar-refractivity contribution in [1.82, 2.24) is 0 Å². The van der Waals surface area contributed by atoms with E-state index < -0.39 is 113 Å². The van der Waals surface area contributed by atoms with Gasteiger partial charge in [-0.3, -0.25) is 28.8 Å². The van der Waals surface area contributed by atoms with Gasteiger partial charge in [-0.15, -0.1) is 0 Å². The number of carboxylic acid groups (broad SMARTS) is 6. The number of rotatable bonds is 36. The first kappa shape index (κ1) is 113. The zero-order chi connectivity index (χ0) is 104. The fourth-order valence-electron chi connectivity index (χ4n) is 16.7. The molecule has 0 radical (unpaired) electrons. The van der Waals surface area contributed by atoms with Crippen LogP contribution in [0.2, 0.25) is 39.9 Å². The Morgan fingerprint density at radius 2 is 0.475 bits per heavy atom. The average Bonchev–Trinajstić information content (AvgIpc) is 0.742. The highest BCUT2D eigenvalue weighted by Crippen LogP contribution is 2.46. The number of benzene rings is 6. The van der Waals surface area contributed by atoms with Crippen LogP contribution >= 0.6 is 11.6 Å². The molecule has 0 fully saturated rings. The van der Waals surface area contributed by atoms with E-state index >= 15 is 0 Å². The van der Waals surface area contributed by atoms with Crippen LogP contribution in [0.5, 0.6) is 34.5 Å². The molecular formula is C96H113B6ClO36. The van der Waals surface area contributed by atoms with Gasteiger partial charge < -0.3 is 117 Å². The summed E-state index contributed by atoms with van der Waals surface area (Å²) in [7, 11) is -7.46. The summed E-state index contributed by atoms with van der Waals surface area (Å²) in [5.74, 6) is -9.58. The second-order valence-corrected chi connectivity index (χ2v) is 36.5. The van der Waals surface area contributed by atoms with Crippen molar-refractivity contribution in [3.8, 4) is 34.5 Å². The third kappa shape index (κ3) is 33.6. The molecule has 0 aromatic heterocycles. The molecule has 0 bridgehead atoms. The SMILES string of the molecule is CC(=O)CCC(=O)C[C@H]1Cc2c(Cl)c(C)cc(C(=O)O)c2OB1O.CC(=O)CCC(=O)C[C@H]1Cc2cc(C)cc(C(=O)O)c2OB1O.CC(=O)CCC(=O)C[C@H]1Cc2cc(C)cc(C(=O)O)c2OB1O.CC(=O)CCC(=O)C[C@H]1Cc2cc(C)cc(C(=O)O)c2OB1O.CC(=O)CCC(=O)C[C@H]1Cc2cc(C)cc(C(=O)O)c2OB1O.CC(=O)CCC(=O)C[C@H]1Cc2ccc(C)c(C(=O)O)c2OB1O. The van der Waals surface area contributed by atoms with Crippen LogP contribution in [0.25, 0.3) is 0 Å². The third-order valence-corrected chi connectivity index (χ3v) is 24.3. The Hall–Kier alpha value is -12.6. The van der Waals surface area contributed by atoms with E-state index in [0.29, 0.717) is 81.6 Å². The molecule has 36 nitrogen and oxygen atoms in total. The quantitative estimate of drug-likeness (QED) is 0.0163. The van der Waals surface area contributed by atoms with Crippen molar-refractivity contribution >= 4 is 160 Å². The van der Waals surface area contributed by atoms with Gasteiger partial charge >= 0.3 is 78.5 Å². The van der Waals surface area contributed by atoms with Crippen molar-refractivity contribution in [2.24, 2.45) is 0 Å². The van der Waals surface area contributed by atoms with Crippen LogP contribution in [-0.2, 0) is 96.1 Å². The molecule has 0 unspecified atom stereocenters. The van der Waals surface area contributed by atoms with E-state index in [1.54, 1.807) is 77.9 Å². The molecule has 0 spiro atoms. The Labute approximate surface area is 808 Å². The second kappa shape index (κ2) is 51.9. The average molecular weight is 1940 g/mol. The largest absolute Gasteiger partial charge is 0.535 e. The van der Waals surface area contributed by atoms with Crippen LogP contribution < -0.4 is 27.9 Å². The summed E-state index contributed by atoms with van der Waals surface area (Å²) >= 11 is 6.26. The summed E-state index contributed by atoms with van der Waals surface area (Å²) in [4.78, 5) is 205. The number of hydrogen-bond acceptors (Lipinski definition) is 30. The van der Waals surface area contributed by atoms with Crippen molar-refractivity contribution in [3.05, 3.63) is 172 Å². The lowest BCUT2D eigenvalue weighted by molar-refractivity contribution is -0.123. The molecule has 0 amide bonds. The topological polar surface area (TPSA) is 605 Å².